The number of carbonyl (C=O) groups excluding carboxylic acids is 2. The van der Waals surface area contributed by atoms with Crippen molar-refractivity contribution in [3.63, 3.8) is 0 Å². The van der Waals surface area contributed by atoms with Crippen LogP contribution in [-0.4, -0.2) is 25.0 Å². The van der Waals surface area contributed by atoms with Crippen LogP contribution in [0.4, 0.5) is 0 Å². The maximum Gasteiger partial charge on any atom is 0.257 e. The zero-order valence-corrected chi connectivity index (χ0v) is 11.3. The summed E-state index contributed by atoms with van der Waals surface area (Å²) in [7, 11) is 0. The van der Waals surface area contributed by atoms with Crippen molar-refractivity contribution < 1.29 is 14.3 Å². The predicted molar refractivity (Wildman–Crippen MR) is 72.9 cm³/mol. The van der Waals surface area contributed by atoms with Gasteiger partial charge in [-0.15, -0.1) is 0 Å². The van der Waals surface area contributed by atoms with Gasteiger partial charge in [0.25, 0.3) is 11.8 Å². The third kappa shape index (κ3) is 5.42. The Balaban J connectivity index is 2.44. The third-order valence-corrected chi connectivity index (χ3v) is 2.56. The fourth-order valence-corrected chi connectivity index (χ4v) is 1.49. The third-order valence-electron chi connectivity index (χ3n) is 2.56. The van der Waals surface area contributed by atoms with Gasteiger partial charge in [0, 0.05) is 6.54 Å². The van der Waals surface area contributed by atoms with Gasteiger partial charge in [-0.3, -0.25) is 9.59 Å². The first-order chi connectivity index (χ1) is 9.00. The smallest absolute Gasteiger partial charge is 0.257 e. The minimum absolute atomic E-state index is 0.123. The molecule has 2 amide bonds. The first kappa shape index (κ1) is 15.0. The largest absolute Gasteiger partial charge is 0.483 e. The molecular formula is C14H20N2O3. The zero-order chi connectivity index (χ0) is 14.3. The topological polar surface area (TPSA) is 81.4 Å². The van der Waals surface area contributed by atoms with Crippen molar-refractivity contribution in [3.05, 3.63) is 29.8 Å². The molecule has 0 aliphatic rings. The van der Waals surface area contributed by atoms with Crippen LogP contribution in [0.15, 0.2) is 24.3 Å². The van der Waals surface area contributed by atoms with E-state index in [1.807, 2.05) is 0 Å². The van der Waals surface area contributed by atoms with Crippen LogP contribution in [0, 0.1) is 5.92 Å². The van der Waals surface area contributed by atoms with E-state index in [1.165, 1.54) is 0 Å². The summed E-state index contributed by atoms with van der Waals surface area (Å²) in [5, 5.41) is 2.75. The molecule has 19 heavy (non-hydrogen) atoms. The molecule has 3 N–H and O–H groups in total. The highest BCUT2D eigenvalue weighted by molar-refractivity contribution is 5.95. The van der Waals surface area contributed by atoms with Crippen molar-refractivity contribution in [2.24, 2.45) is 11.7 Å². The summed E-state index contributed by atoms with van der Waals surface area (Å²) in [5.74, 6) is 0.0848. The standard InChI is InChI=1S/C14H20N2O3/c1-10(2)7-8-16-13(17)9-19-12-6-4-3-5-11(12)14(15)18/h3-6,10H,7-9H2,1-2H3,(H2,15,18)(H,16,17). The number of para-hydroxylation sites is 1. The Kier molecular flexibility index (Phi) is 5.85. The van der Waals surface area contributed by atoms with Crippen molar-refractivity contribution in [3.8, 4) is 5.75 Å². The monoisotopic (exact) mass is 264 g/mol. The summed E-state index contributed by atoms with van der Waals surface area (Å²) in [6.45, 7) is 4.68. The summed E-state index contributed by atoms with van der Waals surface area (Å²) in [5.41, 5.74) is 5.49. The second-order valence-corrected chi connectivity index (χ2v) is 4.68. The number of carbonyl (C=O) groups is 2. The molecule has 0 saturated heterocycles. The molecule has 5 nitrogen and oxygen atoms in total. The Morgan fingerprint density at radius 2 is 2.00 bits per heavy atom. The molecule has 0 aromatic heterocycles. The Bertz CT molecular complexity index is 444. The number of benzene rings is 1. The molecule has 104 valence electrons. The molecule has 0 spiro atoms. The molecule has 5 heteroatoms. The summed E-state index contributed by atoms with van der Waals surface area (Å²) in [4.78, 5) is 22.7. The zero-order valence-electron chi connectivity index (χ0n) is 11.3. The normalized spacial score (nSPS) is 10.3. The van der Waals surface area contributed by atoms with Crippen LogP contribution in [0.3, 0.4) is 0 Å². The first-order valence-corrected chi connectivity index (χ1v) is 6.29. The number of nitrogens with two attached hydrogens (primary N) is 1. The van der Waals surface area contributed by atoms with Gasteiger partial charge in [0.05, 0.1) is 5.56 Å². The van der Waals surface area contributed by atoms with Crippen molar-refractivity contribution >= 4 is 11.8 Å². The molecule has 0 atom stereocenters. The van der Waals surface area contributed by atoms with Gasteiger partial charge in [-0.1, -0.05) is 26.0 Å². The van der Waals surface area contributed by atoms with Crippen molar-refractivity contribution in [2.45, 2.75) is 20.3 Å². The Hall–Kier alpha value is -2.04. The maximum absolute atomic E-state index is 11.5. The highest BCUT2D eigenvalue weighted by Gasteiger charge is 2.10. The number of rotatable bonds is 7. The van der Waals surface area contributed by atoms with E-state index in [4.69, 9.17) is 10.5 Å². The summed E-state index contributed by atoms with van der Waals surface area (Å²) in [6, 6.07) is 6.59. The fraction of sp³-hybridized carbons (Fsp3) is 0.429. The molecule has 1 rings (SSSR count). The van der Waals surface area contributed by atoms with Crippen LogP contribution in [0.1, 0.15) is 30.6 Å². The lowest BCUT2D eigenvalue weighted by molar-refractivity contribution is -0.123. The van der Waals surface area contributed by atoms with Gasteiger partial charge in [-0.05, 0) is 24.5 Å². The Morgan fingerprint density at radius 1 is 1.32 bits per heavy atom. The van der Waals surface area contributed by atoms with E-state index in [9.17, 15) is 9.59 Å². The molecular weight excluding hydrogens is 244 g/mol. The van der Waals surface area contributed by atoms with Gasteiger partial charge in [0.2, 0.25) is 0 Å². The number of amides is 2. The second-order valence-electron chi connectivity index (χ2n) is 4.68. The van der Waals surface area contributed by atoms with Crippen LogP contribution >= 0.6 is 0 Å². The molecule has 0 aliphatic heterocycles. The van der Waals surface area contributed by atoms with Crippen molar-refractivity contribution in [2.75, 3.05) is 13.2 Å². The average molecular weight is 264 g/mol. The number of hydrogen-bond donors (Lipinski definition) is 2. The van der Waals surface area contributed by atoms with E-state index in [0.29, 0.717) is 18.2 Å². The van der Waals surface area contributed by atoms with Crippen molar-refractivity contribution in [1.29, 1.82) is 0 Å². The van der Waals surface area contributed by atoms with E-state index < -0.39 is 5.91 Å². The Labute approximate surface area is 113 Å². The first-order valence-electron chi connectivity index (χ1n) is 6.29. The molecule has 1 aromatic rings. The van der Waals surface area contributed by atoms with E-state index in [1.54, 1.807) is 24.3 Å². The van der Waals surface area contributed by atoms with Gasteiger partial charge < -0.3 is 15.8 Å². The van der Waals surface area contributed by atoms with E-state index in [-0.39, 0.29) is 18.1 Å². The number of ether oxygens (including phenoxy) is 1. The van der Waals surface area contributed by atoms with Crippen LogP contribution in [0.5, 0.6) is 5.75 Å². The molecule has 0 heterocycles. The van der Waals surface area contributed by atoms with Crippen LogP contribution in [0.25, 0.3) is 0 Å². The minimum Gasteiger partial charge on any atom is -0.483 e. The average Bonchev–Trinajstić information content (AvgIpc) is 2.36. The molecule has 0 bridgehead atoms. The van der Waals surface area contributed by atoms with Gasteiger partial charge in [-0.25, -0.2) is 0 Å². The highest BCUT2D eigenvalue weighted by Crippen LogP contribution is 2.16. The highest BCUT2D eigenvalue weighted by atomic mass is 16.5. The summed E-state index contributed by atoms with van der Waals surface area (Å²) < 4.78 is 5.30. The quantitative estimate of drug-likeness (QED) is 0.779. The lowest BCUT2D eigenvalue weighted by Crippen LogP contribution is -2.30. The SMILES string of the molecule is CC(C)CCNC(=O)COc1ccccc1C(N)=O. The van der Waals surface area contributed by atoms with Crippen LogP contribution < -0.4 is 15.8 Å². The van der Waals surface area contributed by atoms with E-state index in [0.717, 1.165) is 6.42 Å². The van der Waals surface area contributed by atoms with E-state index in [2.05, 4.69) is 19.2 Å². The van der Waals surface area contributed by atoms with Crippen LogP contribution in [0.2, 0.25) is 0 Å². The maximum atomic E-state index is 11.5. The van der Waals surface area contributed by atoms with Crippen LogP contribution in [-0.2, 0) is 4.79 Å². The van der Waals surface area contributed by atoms with E-state index >= 15 is 0 Å². The molecule has 0 aliphatic carbocycles. The Morgan fingerprint density at radius 3 is 2.63 bits per heavy atom. The predicted octanol–water partition coefficient (Wildman–Crippen LogP) is 1.33. The second kappa shape index (κ2) is 7.41. The molecule has 0 saturated carbocycles. The van der Waals surface area contributed by atoms with Gasteiger partial charge in [-0.2, -0.15) is 0 Å². The van der Waals surface area contributed by atoms with Crippen molar-refractivity contribution in [1.82, 2.24) is 5.32 Å². The van der Waals surface area contributed by atoms with Gasteiger partial charge in [0.1, 0.15) is 5.75 Å². The lowest BCUT2D eigenvalue weighted by Gasteiger charge is -2.10. The molecule has 1 aromatic carbocycles. The molecule has 0 fully saturated rings. The number of primary amides is 1. The molecule has 0 unspecified atom stereocenters. The number of nitrogens with one attached hydrogen (secondary N) is 1. The molecule has 0 radical (unpaired) electrons. The van der Waals surface area contributed by atoms with Gasteiger partial charge >= 0.3 is 0 Å². The lowest BCUT2D eigenvalue weighted by atomic mass is 10.1. The summed E-state index contributed by atoms with van der Waals surface area (Å²) in [6.07, 6.45) is 0.920. The van der Waals surface area contributed by atoms with Gasteiger partial charge in [0.15, 0.2) is 6.61 Å². The number of hydrogen-bond acceptors (Lipinski definition) is 3. The minimum atomic E-state index is -0.573. The summed E-state index contributed by atoms with van der Waals surface area (Å²) >= 11 is 0. The fourth-order valence-electron chi connectivity index (χ4n) is 1.49.